The van der Waals surface area contributed by atoms with E-state index in [0.717, 1.165) is 12.3 Å². The fourth-order valence-electron chi connectivity index (χ4n) is 1.52. The van der Waals surface area contributed by atoms with E-state index in [0.29, 0.717) is 0 Å². The molecule has 0 spiro atoms. The first-order valence-corrected chi connectivity index (χ1v) is 13.3. The molecule has 0 amide bonds. The molecule has 20 heavy (non-hydrogen) atoms. The minimum absolute atomic E-state index is 0.750. The van der Waals surface area contributed by atoms with E-state index in [2.05, 4.69) is 6.26 Å². The van der Waals surface area contributed by atoms with Crippen molar-refractivity contribution >= 4 is 94.1 Å². The molecule has 0 radical (unpaired) electrons. The fourth-order valence-corrected chi connectivity index (χ4v) is 13.0. The van der Waals surface area contributed by atoms with Crippen LogP contribution in [-0.2, 0) is 0 Å². The summed E-state index contributed by atoms with van der Waals surface area (Å²) in [7, 11) is 0. The van der Waals surface area contributed by atoms with E-state index < -0.39 is 0 Å². The lowest BCUT2D eigenvalue weighted by atomic mass is 10.8. The summed E-state index contributed by atoms with van der Waals surface area (Å²) in [5, 5.41) is 0. The predicted octanol–water partition coefficient (Wildman–Crippen LogP) is 5.86. The number of rotatable bonds is 4. The molecule has 3 rings (SSSR count). The molecule has 0 bridgehead atoms. The Balaban J connectivity index is 1.70. The molecule has 0 atom stereocenters. The molecule has 0 aliphatic carbocycles. The van der Waals surface area contributed by atoms with E-state index in [4.69, 9.17) is 5.73 Å². The maximum Gasteiger partial charge on any atom is 0.0717 e. The van der Waals surface area contributed by atoms with Crippen LogP contribution in [0.2, 0.25) is 0 Å². The number of hydrogen-bond donors (Lipinski definition) is 1. The lowest BCUT2D eigenvalue weighted by molar-refractivity contribution is 1.15. The first-order valence-electron chi connectivity index (χ1n) is 5.88. The SMILES string of the molecule is CSC1=C(SCCN)SC(=C2SC3=C(SCCS3)S2)S1. The molecule has 9 heteroatoms. The second-order valence-corrected chi connectivity index (χ2v) is 13.4. The van der Waals surface area contributed by atoms with Crippen molar-refractivity contribution in [2.75, 3.05) is 30.1 Å². The Morgan fingerprint density at radius 1 is 0.900 bits per heavy atom. The van der Waals surface area contributed by atoms with Crippen LogP contribution >= 0.6 is 94.1 Å². The number of thioether (sulfide) groups is 8. The van der Waals surface area contributed by atoms with Gasteiger partial charge in [0.1, 0.15) is 0 Å². The normalized spacial score (nSPS) is 23.1. The summed E-state index contributed by atoms with van der Waals surface area (Å²) in [6.07, 6.45) is 2.17. The summed E-state index contributed by atoms with van der Waals surface area (Å²) in [5.74, 6) is 3.52. The van der Waals surface area contributed by atoms with Gasteiger partial charge in [0.25, 0.3) is 0 Å². The van der Waals surface area contributed by atoms with Crippen LogP contribution in [0.15, 0.2) is 25.4 Å². The highest BCUT2D eigenvalue weighted by Gasteiger charge is 2.31. The summed E-state index contributed by atoms with van der Waals surface area (Å²) in [6.45, 7) is 0.750. The van der Waals surface area contributed by atoms with Crippen LogP contribution in [0.3, 0.4) is 0 Å². The minimum Gasteiger partial charge on any atom is -0.330 e. The van der Waals surface area contributed by atoms with Gasteiger partial charge in [0.2, 0.25) is 0 Å². The van der Waals surface area contributed by atoms with Crippen molar-refractivity contribution in [2.45, 2.75) is 0 Å². The first-order chi connectivity index (χ1) is 9.81. The minimum atomic E-state index is 0.750. The lowest BCUT2D eigenvalue weighted by Gasteiger charge is -2.08. The largest absolute Gasteiger partial charge is 0.330 e. The molecule has 1 nitrogen and oxygen atoms in total. The quantitative estimate of drug-likeness (QED) is 0.605. The van der Waals surface area contributed by atoms with Crippen molar-refractivity contribution in [2.24, 2.45) is 5.73 Å². The smallest absolute Gasteiger partial charge is 0.0717 e. The van der Waals surface area contributed by atoms with E-state index in [1.54, 1.807) is 0 Å². The van der Waals surface area contributed by atoms with Crippen molar-refractivity contribution in [3.8, 4) is 0 Å². The molecule has 0 aromatic rings. The lowest BCUT2D eigenvalue weighted by Crippen LogP contribution is -2.00. The number of hydrogen-bond acceptors (Lipinski definition) is 9. The molecule has 0 aromatic carbocycles. The Morgan fingerprint density at radius 2 is 1.50 bits per heavy atom. The zero-order valence-electron chi connectivity index (χ0n) is 10.7. The van der Waals surface area contributed by atoms with Crippen LogP contribution in [0.25, 0.3) is 0 Å². The molecular formula is C11H13NS8. The monoisotopic (exact) mass is 415 g/mol. The second-order valence-electron chi connectivity index (χ2n) is 3.67. The first kappa shape index (κ1) is 16.8. The Hall–Kier alpha value is 1.98. The topological polar surface area (TPSA) is 26.0 Å². The van der Waals surface area contributed by atoms with Crippen LogP contribution in [-0.4, -0.2) is 30.1 Å². The van der Waals surface area contributed by atoms with E-state index in [9.17, 15) is 0 Å². The number of nitrogens with two attached hydrogens (primary N) is 1. The van der Waals surface area contributed by atoms with Crippen molar-refractivity contribution in [3.63, 3.8) is 0 Å². The molecule has 0 aromatic heterocycles. The predicted molar refractivity (Wildman–Crippen MR) is 111 cm³/mol. The highest BCUT2D eigenvalue weighted by atomic mass is 32.3. The third-order valence-corrected chi connectivity index (χ3v) is 14.0. The molecular weight excluding hydrogens is 403 g/mol. The van der Waals surface area contributed by atoms with Crippen LogP contribution in [0, 0.1) is 0 Å². The zero-order chi connectivity index (χ0) is 13.9. The fraction of sp³-hybridized carbons (Fsp3) is 0.455. The Bertz CT molecular complexity index is 475. The van der Waals surface area contributed by atoms with Gasteiger partial charge in [-0.15, -0.1) is 47.0 Å². The summed E-state index contributed by atoms with van der Waals surface area (Å²) in [6, 6.07) is 0. The molecule has 0 saturated carbocycles. The standard InChI is InChI=1S/C11H13NS8/c1-13-6-7(14-3-2-12)18-10(17-6)11-19-8-9(20-11)16-5-4-15-8/h2-5,12H2,1H3. The highest BCUT2D eigenvalue weighted by Crippen LogP contribution is 2.66. The van der Waals surface area contributed by atoms with E-state index in [1.807, 2.05) is 94.1 Å². The average Bonchev–Trinajstić information content (AvgIpc) is 3.08. The third-order valence-electron chi connectivity index (χ3n) is 2.33. The third kappa shape index (κ3) is 3.90. The second kappa shape index (κ2) is 8.19. The molecule has 110 valence electrons. The van der Waals surface area contributed by atoms with Gasteiger partial charge in [-0.3, -0.25) is 0 Å². The summed E-state index contributed by atoms with van der Waals surface area (Å²) >= 11 is 15.7. The van der Waals surface area contributed by atoms with Crippen LogP contribution in [0.5, 0.6) is 0 Å². The average molecular weight is 416 g/mol. The maximum atomic E-state index is 5.63. The van der Waals surface area contributed by atoms with Gasteiger partial charge in [0, 0.05) is 23.8 Å². The Morgan fingerprint density at radius 3 is 2.10 bits per heavy atom. The summed E-state index contributed by atoms with van der Waals surface area (Å²) in [4.78, 5) is 0. The van der Waals surface area contributed by atoms with Crippen molar-refractivity contribution < 1.29 is 0 Å². The van der Waals surface area contributed by atoms with Gasteiger partial charge in [-0.25, -0.2) is 0 Å². The van der Waals surface area contributed by atoms with Crippen molar-refractivity contribution in [1.29, 1.82) is 0 Å². The molecule has 0 fully saturated rings. The molecule has 3 aliphatic rings. The van der Waals surface area contributed by atoms with Gasteiger partial charge in [-0.1, -0.05) is 47.0 Å². The van der Waals surface area contributed by atoms with E-state index >= 15 is 0 Å². The van der Waals surface area contributed by atoms with Gasteiger partial charge >= 0.3 is 0 Å². The highest BCUT2D eigenvalue weighted by molar-refractivity contribution is 8.45. The van der Waals surface area contributed by atoms with Crippen molar-refractivity contribution in [1.82, 2.24) is 0 Å². The maximum absolute atomic E-state index is 5.63. The van der Waals surface area contributed by atoms with E-state index in [-0.39, 0.29) is 0 Å². The van der Waals surface area contributed by atoms with E-state index in [1.165, 1.54) is 36.9 Å². The molecule has 0 unspecified atom stereocenters. The summed E-state index contributed by atoms with van der Waals surface area (Å²) < 4.78 is 8.91. The molecule has 3 aliphatic heterocycles. The van der Waals surface area contributed by atoms with Crippen LogP contribution < -0.4 is 5.73 Å². The van der Waals surface area contributed by atoms with Gasteiger partial charge < -0.3 is 5.73 Å². The molecule has 2 N–H and O–H groups in total. The van der Waals surface area contributed by atoms with Gasteiger partial charge in [0.15, 0.2) is 0 Å². The van der Waals surface area contributed by atoms with Gasteiger partial charge in [-0.05, 0) is 6.26 Å². The Kier molecular flexibility index (Phi) is 6.89. The molecule has 3 heterocycles. The zero-order valence-corrected chi connectivity index (χ0v) is 17.2. The Labute approximate surface area is 154 Å². The van der Waals surface area contributed by atoms with Gasteiger partial charge in [-0.2, -0.15) is 0 Å². The van der Waals surface area contributed by atoms with Crippen LogP contribution in [0.4, 0.5) is 0 Å². The van der Waals surface area contributed by atoms with Crippen molar-refractivity contribution in [3.05, 3.63) is 25.4 Å². The molecule has 0 saturated heterocycles. The van der Waals surface area contributed by atoms with Gasteiger partial charge in [0.05, 0.1) is 25.4 Å². The van der Waals surface area contributed by atoms with Crippen LogP contribution in [0.1, 0.15) is 0 Å². The summed E-state index contributed by atoms with van der Waals surface area (Å²) in [5.41, 5.74) is 5.63.